The zero-order chi connectivity index (χ0) is 12.0. The minimum Gasteiger partial charge on any atom is -0.259 e. The second kappa shape index (κ2) is 3.83. The number of rotatable bonds is 1. The van der Waals surface area contributed by atoms with E-state index in [0.717, 1.165) is 11.1 Å². The predicted octanol–water partition coefficient (Wildman–Crippen LogP) is 3.69. The Labute approximate surface area is 108 Å². The molecule has 0 bridgehead atoms. The van der Waals surface area contributed by atoms with Crippen molar-refractivity contribution >= 4 is 34.1 Å². The van der Waals surface area contributed by atoms with Crippen LogP contribution in [-0.4, -0.2) is 9.97 Å². The molecule has 0 saturated heterocycles. The summed E-state index contributed by atoms with van der Waals surface area (Å²) in [7, 11) is 0. The largest absolute Gasteiger partial charge is 0.259 e. The molecule has 0 radical (unpaired) electrons. The van der Waals surface area contributed by atoms with Crippen molar-refractivity contribution in [3.8, 4) is 6.07 Å². The Kier molecular flexibility index (Phi) is 2.43. The van der Waals surface area contributed by atoms with Gasteiger partial charge in [-0.3, -0.25) is 4.98 Å². The molecule has 2 aromatic rings. The topological polar surface area (TPSA) is 49.6 Å². The van der Waals surface area contributed by atoms with Gasteiger partial charge in [-0.15, -0.1) is 0 Å². The first kappa shape index (κ1) is 10.8. The van der Waals surface area contributed by atoms with Crippen LogP contribution in [0.15, 0.2) is 12.3 Å². The Balaban J connectivity index is 2.31. The molecule has 0 aliphatic heterocycles. The summed E-state index contributed by atoms with van der Waals surface area (Å²) in [5, 5.41) is 10.2. The first-order valence-corrected chi connectivity index (χ1v) is 6.01. The molecule has 3 rings (SSSR count). The number of nitrogens with zero attached hydrogens (tertiary/aromatic N) is 3. The molecule has 84 valence electrons. The predicted molar refractivity (Wildman–Crippen MR) is 66.2 cm³/mol. The highest BCUT2D eigenvalue weighted by Crippen LogP contribution is 2.40. The molecule has 1 aliphatic carbocycles. The highest BCUT2D eigenvalue weighted by Gasteiger charge is 2.25. The summed E-state index contributed by atoms with van der Waals surface area (Å²) in [5.74, 6) is 0.539. The number of fused-ring (bicyclic) bond motifs is 1. The number of pyridine rings is 2. The van der Waals surface area contributed by atoms with Crippen molar-refractivity contribution in [1.82, 2.24) is 9.97 Å². The summed E-state index contributed by atoms with van der Waals surface area (Å²) in [4.78, 5) is 8.47. The molecule has 0 spiro atoms. The van der Waals surface area contributed by atoms with Gasteiger partial charge in [-0.25, -0.2) is 4.98 Å². The number of aromatic nitrogens is 2. The minimum atomic E-state index is 0.131. The van der Waals surface area contributed by atoms with Crippen molar-refractivity contribution in [2.24, 2.45) is 0 Å². The van der Waals surface area contributed by atoms with Gasteiger partial charge in [0.2, 0.25) is 0 Å². The van der Waals surface area contributed by atoms with Crippen LogP contribution in [0, 0.1) is 11.3 Å². The fraction of sp³-hybridized carbons (Fsp3) is 0.250. The highest BCUT2D eigenvalue weighted by atomic mass is 35.5. The van der Waals surface area contributed by atoms with Crippen LogP contribution >= 0.6 is 23.2 Å². The van der Waals surface area contributed by atoms with Gasteiger partial charge in [0.1, 0.15) is 16.8 Å². The van der Waals surface area contributed by atoms with Crippen LogP contribution in [0.5, 0.6) is 0 Å². The van der Waals surface area contributed by atoms with Crippen LogP contribution in [-0.2, 0) is 0 Å². The fourth-order valence-corrected chi connectivity index (χ4v) is 2.37. The lowest BCUT2D eigenvalue weighted by molar-refractivity contribution is 1.03. The van der Waals surface area contributed by atoms with Gasteiger partial charge in [-0.1, -0.05) is 23.2 Å². The summed E-state index contributed by atoms with van der Waals surface area (Å²) < 4.78 is 0. The van der Waals surface area contributed by atoms with Crippen molar-refractivity contribution < 1.29 is 0 Å². The molecule has 2 aromatic heterocycles. The fourth-order valence-electron chi connectivity index (χ4n) is 1.81. The van der Waals surface area contributed by atoms with Crippen molar-refractivity contribution in [2.75, 3.05) is 0 Å². The van der Waals surface area contributed by atoms with E-state index in [0.29, 0.717) is 16.5 Å². The van der Waals surface area contributed by atoms with E-state index in [1.54, 1.807) is 6.20 Å². The zero-order valence-corrected chi connectivity index (χ0v) is 10.3. The molecular weight excluding hydrogens is 257 g/mol. The van der Waals surface area contributed by atoms with Crippen LogP contribution in [0.3, 0.4) is 0 Å². The molecule has 5 heteroatoms. The van der Waals surface area contributed by atoms with E-state index in [1.165, 1.54) is 12.8 Å². The van der Waals surface area contributed by atoms with E-state index in [2.05, 4.69) is 9.97 Å². The maximum atomic E-state index is 8.98. The lowest BCUT2D eigenvalue weighted by atomic mass is 10.1. The Bertz CT molecular complexity index is 657. The third-order valence-electron chi connectivity index (χ3n) is 2.89. The van der Waals surface area contributed by atoms with Crippen LogP contribution < -0.4 is 0 Å². The second-order valence-electron chi connectivity index (χ2n) is 4.10. The first-order chi connectivity index (χ1) is 8.20. The average Bonchev–Trinajstić information content (AvgIpc) is 3.13. The van der Waals surface area contributed by atoms with Gasteiger partial charge in [-0.05, 0) is 18.9 Å². The molecule has 0 unspecified atom stereocenters. The lowest BCUT2D eigenvalue weighted by Gasteiger charge is -2.05. The van der Waals surface area contributed by atoms with Gasteiger partial charge >= 0.3 is 0 Å². The van der Waals surface area contributed by atoms with Crippen molar-refractivity contribution in [3.05, 3.63) is 33.7 Å². The SMILES string of the molecule is N#Cc1c(Cl)nc2cnc(C3CC3)cc2c1Cl. The van der Waals surface area contributed by atoms with E-state index in [9.17, 15) is 0 Å². The second-order valence-corrected chi connectivity index (χ2v) is 4.84. The zero-order valence-electron chi connectivity index (χ0n) is 8.74. The maximum Gasteiger partial charge on any atom is 0.149 e. The lowest BCUT2D eigenvalue weighted by Crippen LogP contribution is -1.92. The van der Waals surface area contributed by atoms with E-state index < -0.39 is 0 Å². The van der Waals surface area contributed by atoms with Gasteiger partial charge in [0, 0.05) is 17.0 Å². The summed E-state index contributed by atoms with van der Waals surface area (Å²) in [6.07, 6.45) is 4.01. The van der Waals surface area contributed by atoms with Gasteiger partial charge < -0.3 is 0 Å². The van der Waals surface area contributed by atoms with E-state index in [4.69, 9.17) is 28.5 Å². The third kappa shape index (κ3) is 1.74. The number of hydrogen-bond donors (Lipinski definition) is 0. The minimum absolute atomic E-state index is 0.131. The molecule has 2 heterocycles. The van der Waals surface area contributed by atoms with Crippen LogP contribution in [0.25, 0.3) is 10.9 Å². The van der Waals surface area contributed by atoms with Crippen molar-refractivity contribution in [2.45, 2.75) is 18.8 Å². The van der Waals surface area contributed by atoms with Crippen molar-refractivity contribution in [3.63, 3.8) is 0 Å². The summed E-state index contributed by atoms with van der Waals surface area (Å²) in [6.45, 7) is 0. The maximum absolute atomic E-state index is 8.98. The monoisotopic (exact) mass is 263 g/mol. The van der Waals surface area contributed by atoms with E-state index in [-0.39, 0.29) is 10.7 Å². The quantitative estimate of drug-likeness (QED) is 0.738. The van der Waals surface area contributed by atoms with Crippen LogP contribution in [0.1, 0.15) is 30.0 Å². The smallest absolute Gasteiger partial charge is 0.149 e. The van der Waals surface area contributed by atoms with Crippen molar-refractivity contribution in [1.29, 1.82) is 5.26 Å². The Morgan fingerprint density at radius 1 is 1.35 bits per heavy atom. The Morgan fingerprint density at radius 2 is 2.12 bits per heavy atom. The van der Waals surface area contributed by atoms with Crippen LogP contribution in [0.2, 0.25) is 10.2 Å². The number of halogens is 2. The highest BCUT2D eigenvalue weighted by molar-refractivity contribution is 6.39. The van der Waals surface area contributed by atoms with E-state index >= 15 is 0 Å². The molecule has 0 atom stereocenters. The normalized spacial score (nSPS) is 14.9. The molecule has 0 amide bonds. The first-order valence-electron chi connectivity index (χ1n) is 5.25. The van der Waals surface area contributed by atoms with Gasteiger partial charge in [0.25, 0.3) is 0 Å². The van der Waals surface area contributed by atoms with E-state index in [1.807, 2.05) is 12.1 Å². The Hall–Kier alpha value is -1.37. The molecule has 1 saturated carbocycles. The van der Waals surface area contributed by atoms with Crippen LogP contribution in [0.4, 0.5) is 0 Å². The van der Waals surface area contributed by atoms with Gasteiger partial charge in [-0.2, -0.15) is 5.26 Å². The number of hydrogen-bond acceptors (Lipinski definition) is 3. The third-order valence-corrected chi connectivity index (χ3v) is 3.56. The average molecular weight is 264 g/mol. The summed E-state index contributed by atoms with van der Waals surface area (Å²) >= 11 is 12.0. The standard InChI is InChI=1S/C12H7Cl2N3/c13-11-7-3-9(6-1-2-6)16-5-10(7)17-12(14)8(11)4-15/h3,5-6H,1-2H2. The molecule has 3 nitrogen and oxygen atoms in total. The summed E-state index contributed by atoms with van der Waals surface area (Å²) in [5.41, 5.74) is 1.88. The molecule has 1 fully saturated rings. The molecule has 0 aromatic carbocycles. The number of nitriles is 1. The Morgan fingerprint density at radius 3 is 2.76 bits per heavy atom. The van der Waals surface area contributed by atoms with Gasteiger partial charge in [0.05, 0.1) is 16.7 Å². The molecule has 17 heavy (non-hydrogen) atoms. The molecule has 1 aliphatic rings. The van der Waals surface area contributed by atoms with Gasteiger partial charge in [0.15, 0.2) is 0 Å². The molecular formula is C12H7Cl2N3. The summed E-state index contributed by atoms with van der Waals surface area (Å²) in [6, 6.07) is 3.89. The molecule has 0 N–H and O–H groups in total.